The Balaban J connectivity index is 2.19. The van der Waals surface area contributed by atoms with Crippen molar-refractivity contribution < 1.29 is 22.7 Å². The molecule has 0 aromatic heterocycles. The number of benzene rings is 2. The molecule has 1 fully saturated rings. The molecule has 1 saturated heterocycles. The molecule has 0 radical (unpaired) electrons. The van der Waals surface area contributed by atoms with Gasteiger partial charge in [0.2, 0.25) is 0 Å². The highest BCUT2D eigenvalue weighted by Crippen LogP contribution is 2.39. The Labute approximate surface area is 135 Å². The topological polar surface area (TPSA) is 38.3 Å². The van der Waals surface area contributed by atoms with Crippen LogP contribution < -0.4 is 5.32 Å². The zero-order chi connectivity index (χ0) is 16.7. The first-order valence-corrected chi connectivity index (χ1v) is 7.08. The molecular weight excluding hydrogens is 331 g/mol. The molecule has 1 unspecified atom stereocenters. The summed E-state index contributed by atoms with van der Waals surface area (Å²) in [5, 5.41) is 2.94. The van der Waals surface area contributed by atoms with Crippen LogP contribution in [0.5, 0.6) is 0 Å². The summed E-state index contributed by atoms with van der Waals surface area (Å²) in [4.78, 5) is 11.6. The summed E-state index contributed by atoms with van der Waals surface area (Å²) in [6, 6.07) is 11.4. The van der Waals surface area contributed by atoms with E-state index in [0.717, 1.165) is 12.1 Å². The first-order chi connectivity index (χ1) is 10.8. The molecule has 1 aliphatic rings. The monoisotopic (exact) mass is 341 g/mol. The second-order valence-electron chi connectivity index (χ2n) is 5.16. The summed E-state index contributed by atoms with van der Waals surface area (Å²) in [6.45, 7) is -0.142. The minimum absolute atomic E-state index is 0.142. The molecule has 0 bridgehead atoms. The molecule has 1 atom stereocenters. The second kappa shape index (κ2) is 5.45. The standard InChI is InChI=1S/C16H11ClF3NO2/c17-13-7-2-1-6-12(13)15(9-23-14(22)21-15)10-4-3-5-11(8-10)16(18,19)20/h1-8H,9H2,(H,21,22). The predicted molar refractivity (Wildman–Crippen MR) is 78.2 cm³/mol. The van der Waals surface area contributed by atoms with Crippen LogP contribution in [0.15, 0.2) is 48.5 Å². The molecule has 3 rings (SSSR count). The van der Waals surface area contributed by atoms with Crippen molar-refractivity contribution in [1.82, 2.24) is 5.32 Å². The number of alkyl halides is 3. The van der Waals surface area contributed by atoms with Gasteiger partial charge in [-0.15, -0.1) is 0 Å². The van der Waals surface area contributed by atoms with Crippen LogP contribution in [0.25, 0.3) is 0 Å². The number of halogens is 4. The van der Waals surface area contributed by atoms with Gasteiger partial charge in [0.25, 0.3) is 0 Å². The lowest BCUT2D eigenvalue weighted by atomic mass is 9.83. The van der Waals surface area contributed by atoms with E-state index >= 15 is 0 Å². The fraction of sp³-hybridized carbons (Fsp3) is 0.188. The number of carbonyl (C=O) groups excluding carboxylic acids is 1. The van der Waals surface area contributed by atoms with Crippen LogP contribution in [-0.2, 0) is 16.5 Å². The number of carbonyl (C=O) groups is 1. The summed E-state index contributed by atoms with van der Waals surface area (Å²) in [6.07, 6.45) is -5.19. The van der Waals surface area contributed by atoms with E-state index in [9.17, 15) is 18.0 Å². The zero-order valence-corrected chi connectivity index (χ0v) is 12.4. The number of hydrogen-bond acceptors (Lipinski definition) is 2. The molecule has 0 aliphatic carbocycles. The molecule has 3 nitrogen and oxygen atoms in total. The van der Waals surface area contributed by atoms with Crippen LogP contribution in [0.1, 0.15) is 16.7 Å². The normalized spacial score (nSPS) is 21.0. The molecular formula is C16H11ClF3NO2. The van der Waals surface area contributed by atoms with Gasteiger partial charge >= 0.3 is 12.3 Å². The van der Waals surface area contributed by atoms with Gasteiger partial charge in [0.15, 0.2) is 0 Å². The average Bonchev–Trinajstić information content (AvgIpc) is 2.90. The van der Waals surface area contributed by atoms with Gasteiger partial charge in [-0.3, -0.25) is 0 Å². The fourth-order valence-electron chi connectivity index (χ4n) is 2.64. The van der Waals surface area contributed by atoms with E-state index in [1.54, 1.807) is 24.3 Å². The SMILES string of the molecule is O=C1NC(c2cccc(C(F)(F)F)c2)(c2ccccc2Cl)CO1. The number of alkyl carbamates (subject to hydrolysis) is 1. The van der Waals surface area contributed by atoms with E-state index in [-0.39, 0.29) is 12.2 Å². The number of nitrogens with one attached hydrogen (secondary N) is 1. The molecule has 0 saturated carbocycles. The number of ether oxygens (including phenoxy) is 1. The van der Waals surface area contributed by atoms with Crippen LogP contribution in [-0.4, -0.2) is 12.7 Å². The van der Waals surface area contributed by atoms with Crippen molar-refractivity contribution in [3.05, 3.63) is 70.2 Å². The van der Waals surface area contributed by atoms with E-state index in [0.29, 0.717) is 10.6 Å². The maximum Gasteiger partial charge on any atom is 0.416 e. The van der Waals surface area contributed by atoms with Crippen molar-refractivity contribution in [3.63, 3.8) is 0 Å². The quantitative estimate of drug-likeness (QED) is 0.882. The molecule has 1 N–H and O–H groups in total. The third-order valence-corrected chi connectivity index (χ3v) is 4.08. The van der Waals surface area contributed by atoms with Crippen molar-refractivity contribution >= 4 is 17.7 Å². The average molecular weight is 342 g/mol. The van der Waals surface area contributed by atoms with Gasteiger partial charge in [-0.25, -0.2) is 4.79 Å². The molecule has 1 heterocycles. The Morgan fingerprint density at radius 3 is 2.48 bits per heavy atom. The van der Waals surface area contributed by atoms with E-state index in [1.165, 1.54) is 12.1 Å². The van der Waals surface area contributed by atoms with Crippen molar-refractivity contribution in [2.24, 2.45) is 0 Å². The molecule has 120 valence electrons. The molecule has 1 aliphatic heterocycles. The zero-order valence-electron chi connectivity index (χ0n) is 11.7. The maximum absolute atomic E-state index is 13.0. The Hall–Kier alpha value is -2.21. The van der Waals surface area contributed by atoms with E-state index in [4.69, 9.17) is 16.3 Å². The number of hydrogen-bond donors (Lipinski definition) is 1. The van der Waals surface area contributed by atoms with Crippen LogP contribution in [0.2, 0.25) is 5.02 Å². The van der Waals surface area contributed by atoms with Gasteiger partial charge in [-0.05, 0) is 23.8 Å². The van der Waals surface area contributed by atoms with Crippen LogP contribution in [0, 0.1) is 0 Å². The van der Waals surface area contributed by atoms with Crippen LogP contribution in [0.3, 0.4) is 0 Å². The minimum Gasteiger partial charge on any atom is -0.446 e. The van der Waals surface area contributed by atoms with Crippen molar-refractivity contribution in [1.29, 1.82) is 0 Å². The lowest BCUT2D eigenvalue weighted by molar-refractivity contribution is -0.137. The molecule has 0 spiro atoms. The van der Waals surface area contributed by atoms with Gasteiger partial charge in [-0.2, -0.15) is 13.2 Å². The molecule has 7 heteroatoms. The van der Waals surface area contributed by atoms with E-state index in [1.807, 2.05) is 0 Å². The van der Waals surface area contributed by atoms with Gasteiger partial charge in [0.1, 0.15) is 12.1 Å². The molecule has 1 amide bonds. The Morgan fingerprint density at radius 2 is 1.87 bits per heavy atom. The summed E-state index contributed by atoms with van der Waals surface area (Å²) in [5.41, 5.74) is -1.32. The summed E-state index contributed by atoms with van der Waals surface area (Å²) in [7, 11) is 0. The van der Waals surface area contributed by atoms with Crippen LogP contribution >= 0.6 is 11.6 Å². The van der Waals surface area contributed by atoms with E-state index in [2.05, 4.69) is 5.32 Å². The van der Waals surface area contributed by atoms with Gasteiger partial charge in [0, 0.05) is 10.6 Å². The minimum atomic E-state index is -4.48. The third kappa shape index (κ3) is 2.74. The molecule has 23 heavy (non-hydrogen) atoms. The highest BCUT2D eigenvalue weighted by Gasteiger charge is 2.45. The second-order valence-corrected chi connectivity index (χ2v) is 5.57. The van der Waals surface area contributed by atoms with Crippen molar-refractivity contribution in [3.8, 4) is 0 Å². The highest BCUT2D eigenvalue weighted by molar-refractivity contribution is 6.31. The first-order valence-electron chi connectivity index (χ1n) is 6.71. The molecule has 2 aromatic rings. The largest absolute Gasteiger partial charge is 0.446 e. The highest BCUT2D eigenvalue weighted by atomic mass is 35.5. The van der Waals surface area contributed by atoms with Gasteiger partial charge in [0.05, 0.1) is 5.56 Å². The first kappa shape index (κ1) is 15.7. The summed E-state index contributed by atoms with van der Waals surface area (Å²) >= 11 is 6.19. The third-order valence-electron chi connectivity index (χ3n) is 3.75. The van der Waals surface area contributed by atoms with Crippen molar-refractivity contribution in [2.45, 2.75) is 11.7 Å². The predicted octanol–water partition coefficient (Wildman–Crippen LogP) is 4.34. The summed E-state index contributed by atoms with van der Waals surface area (Å²) in [5.74, 6) is 0. The lowest BCUT2D eigenvalue weighted by Gasteiger charge is -2.29. The van der Waals surface area contributed by atoms with Gasteiger partial charge < -0.3 is 10.1 Å². The number of cyclic esters (lactones) is 1. The lowest BCUT2D eigenvalue weighted by Crippen LogP contribution is -2.42. The number of amides is 1. The Kier molecular flexibility index (Phi) is 3.72. The smallest absolute Gasteiger partial charge is 0.416 e. The van der Waals surface area contributed by atoms with Gasteiger partial charge in [-0.1, -0.05) is 41.9 Å². The molecule has 2 aromatic carbocycles. The van der Waals surface area contributed by atoms with Crippen molar-refractivity contribution in [2.75, 3.05) is 6.61 Å². The number of rotatable bonds is 2. The maximum atomic E-state index is 13.0. The summed E-state index contributed by atoms with van der Waals surface area (Å²) < 4.78 is 43.9. The Morgan fingerprint density at radius 1 is 1.13 bits per heavy atom. The van der Waals surface area contributed by atoms with E-state index < -0.39 is 23.4 Å². The van der Waals surface area contributed by atoms with Crippen LogP contribution in [0.4, 0.5) is 18.0 Å². The fourth-order valence-corrected chi connectivity index (χ4v) is 2.94. The Bertz CT molecular complexity index is 763.